The molecule has 0 atom stereocenters. The number of carbonyl (C=O) groups excluding carboxylic acids is 1. The second kappa shape index (κ2) is 5.50. The van der Waals surface area contributed by atoms with Crippen molar-refractivity contribution in [3.05, 3.63) is 0 Å². The minimum absolute atomic E-state index is 0.220. The quantitative estimate of drug-likeness (QED) is 0.771. The number of nitriles is 1. The van der Waals surface area contributed by atoms with Gasteiger partial charge in [0.15, 0.2) is 0 Å². The van der Waals surface area contributed by atoms with E-state index < -0.39 is 0 Å². The molecule has 1 saturated carbocycles. The van der Waals surface area contributed by atoms with Crippen LogP contribution in [0.2, 0.25) is 0 Å². The van der Waals surface area contributed by atoms with Gasteiger partial charge in [-0.15, -0.1) is 11.8 Å². The number of hydrogen-bond acceptors (Lipinski definition) is 4. The van der Waals surface area contributed by atoms with E-state index in [-0.39, 0.29) is 10.7 Å². The zero-order chi connectivity index (χ0) is 13.2. The van der Waals surface area contributed by atoms with Crippen molar-refractivity contribution in [2.75, 3.05) is 32.9 Å². The monoisotopic (exact) mass is 267 g/mol. The zero-order valence-corrected chi connectivity index (χ0v) is 12.0. The Hall–Kier alpha value is -0.730. The Morgan fingerprint density at radius 2 is 2.11 bits per heavy atom. The standard InChI is InChI=1S/C13H21N3OS/c1-15(11-3-4-11)12(17)9-16-7-5-13(10-14,18-2)6-8-16/h11H,3-9H2,1-2H3. The van der Waals surface area contributed by atoms with Gasteiger partial charge in [0, 0.05) is 26.2 Å². The molecule has 1 aliphatic carbocycles. The predicted molar refractivity (Wildman–Crippen MR) is 73.3 cm³/mol. The van der Waals surface area contributed by atoms with E-state index in [0.29, 0.717) is 12.6 Å². The summed E-state index contributed by atoms with van der Waals surface area (Å²) in [7, 11) is 1.91. The Kier molecular flexibility index (Phi) is 4.18. The van der Waals surface area contributed by atoms with Gasteiger partial charge in [0.05, 0.1) is 12.6 Å². The molecule has 2 aliphatic rings. The van der Waals surface area contributed by atoms with E-state index in [1.165, 1.54) is 0 Å². The normalized spacial score (nSPS) is 23.4. The van der Waals surface area contributed by atoms with Crippen LogP contribution in [0, 0.1) is 11.3 Å². The maximum absolute atomic E-state index is 12.0. The molecule has 100 valence electrons. The molecule has 18 heavy (non-hydrogen) atoms. The van der Waals surface area contributed by atoms with Gasteiger partial charge in [0.25, 0.3) is 0 Å². The third-order valence-corrected chi connectivity index (χ3v) is 5.39. The first-order chi connectivity index (χ1) is 8.60. The van der Waals surface area contributed by atoms with Gasteiger partial charge in [-0.1, -0.05) is 0 Å². The van der Waals surface area contributed by atoms with Crippen LogP contribution in [0.25, 0.3) is 0 Å². The van der Waals surface area contributed by atoms with Crippen LogP contribution in [-0.2, 0) is 4.79 Å². The number of amides is 1. The molecule has 0 unspecified atom stereocenters. The Morgan fingerprint density at radius 1 is 1.50 bits per heavy atom. The van der Waals surface area contributed by atoms with E-state index in [1.54, 1.807) is 11.8 Å². The molecule has 0 aromatic heterocycles. The predicted octanol–water partition coefficient (Wildman–Crippen LogP) is 1.33. The van der Waals surface area contributed by atoms with E-state index in [0.717, 1.165) is 38.8 Å². The van der Waals surface area contributed by atoms with Crippen LogP contribution in [-0.4, -0.2) is 59.4 Å². The molecule has 0 bridgehead atoms. The number of rotatable bonds is 4. The number of carbonyl (C=O) groups is 1. The molecule has 0 N–H and O–H groups in total. The summed E-state index contributed by atoms with van der Waals surface area (Å²) in [6, 6.07) is 2.93. The Bertz CT molecular complexity index is 354. The molecule has 2 rings (SSSR count). The van der Waals surface area contributed by atoms with Gasteiger partial charge in [0.1, 0.15) is 4.75 Å². The summed E-state index contributed by atoms with van der Waals surface area (Å²) in [6.07, 6.45) is 6.06. The smallest absolute Gasteiger partial charge is 0.236 e. The van der Waals surface area contributed by atoms with E-state index >= 15 is 0 Å². The van der Waals surface area contributed by atoms with Crippen LogP contribution in [0.3, 0.4) is 0 Å². The first-order valence-electron chi connectivity index (χ1n) is 6.54. The highest BCUT2D eigenvalue weighted by molar-refractivity contribution is 8.00. The highest BCUT2D eigenvalue weighted by atomic mass is 32.2. The molecule has 1 aliphatic heterocycles. The molecule has 1 amide bonds. The summed E-state index contributed by atoms with van der Waals surface area (Å²) < 4.78 is -0.220. The lowest BCUT2D eigenvalue weighted by Crippen LogP contribution is -2.46. The fourth-order valence-corrected chi connectivity index (χ4v) is 3.08. The third kappa shape index (κ3) is 2.99. The van der Waals surface area contributed by atoms with Crippen molar-refractivity contribution in [1.82, 2.24) is 9.80 Å². The summed E-state index contributed by atoms with van der Waals surface area (Å²) in [5.41, 5.74) is 0. The summed E-state index contributed by atoms with van der Waals surface area (Å²) in [6.45, 7) is 2.24. The van der Waals surface area contributed by atoms with E-state index in [2.05, 4.69) is 11.0 Å². The fraction of sp³-hybridized carbons (Fsp3) is 0.846. The summed E-state index contributed by atoms with van der Waals surface area (Å²) in [4.78, 5) is 16.1. The fourth-order valence-electron chi connectivity index (χ4n) is 2.40. The molecule has 1 heterocycles. The molecule has 4 nitrogen and oxygen atoms in total. The molecule has 0 spiro atoms. The average Bonchev–Trinajstić information content (AvgIpc) is 3.23. The minimum Gasteiger partial charge on any atom is -0.342 e. The Labute approximate surface area is 113 Å². The Morgan fingerprint density at radius 3 is 2.56 bits per heavy atom. The van der Waals surface area contributed by atoms with Crippen molar-refractivity contribution < 1.29 is 4.79 Å². The number of hydrogen-bond donors (Lipinski definition) is 0. The summed E-state index contributed by atoms with van der Waals surface area (Å²) >= 11 is 1.65. The zero-order valence-electron chi connectivity index (χ0n) is 11.2. The van der Waals surface area contributed by atoms with Gasteiger partial charge in [0.2, 0.25) is 5.91 Å². The van der Waals surface area contributed by atoms with Crippen molar-refractivity contribution in [3.8, 4) is 6.07 Å². The molecule has 0 aromatic rings. The van der Waals surface area contributed by atoms with Crippen molar-refractivity contribution in [2.24, 2.45) is 0 Å². The van der Waals surface area contributed by atoms with Crippen LogP contribution >= 0.6 is 11.8 Å². The second-order valence-electron chi connectivity index (χ2n) is 5.32. The highest BCUT2D eigenvalue weighted by Crippen LogP contribution is 2.33. The van der Waals surface area contributed by atoms with Gasteiger partial charge in [-0.25, -0.2) is 0 Å². The molecule has 1 saturated heterocycles. The van der Waals surface area contributed by atoms with E-state index in [9.17, 15) is 10.1 Å². The van der Waals surface area contributed by atoms with E-state index in [4.69, 9.17) is 0 Å². The molecule has 0 aromatic carbocycles. The number of likely N-dealkylation sites (tertiary alicyclic amines) is 1. The SMILES string of the molecule is CSC1(C#N)CCN(CC(=O)N(C)C2CC2)CC1. The van der Waals surface area contributed by atoms with Crippen LogP contribution in [0.1, 0.15) is 25.7 Å². The third-order valence-electron chi connectivity index (χ3n) is 4.11. The second-order valence-corrected chi connectivity index (χ2v) is 6.51. The maximum Gasteiger partial charge on any atom is 0.236 e. The lowest BCUT2D eigenvalue weighted by Gasteiger charge is -2.36. The van der Waals surface area contributed by atoms with Crippen LogP contribution in [0.5, 0.6) is 0 Å². The molecule has 0 radical (unpaired) electrons. The van der Waals surface area contributed by atoms with Crippen molar-refractivity contribution in [3.63, 3.8) is 0 Å². The lowest BCUT2D eigenvalue weighted by molar-refractivity contribution is -0.131. The van der Waals surface area contributed by atoms with Gasteiger partial charge >= 0.3 is 0 Å². The van der Waals surface area contributed by atoms with E-state index in [1.807, 2.05) is 18.2 Å². The summed E-state index contributed by atoms with van der Waals surface area (Å²) in [5, 5.41) is 9.21. The molecular formula is C13H21N3OS. The molecular weight excluding hydrogens is 246 g/mol. The number of nitrogens with zero attached hydrogens (tertiary/aromatic N) is 3. The molecule has 5 heteroatoms. The Balaban J connectivity index is 1.79. The largest absolute Gasteiger partial charge is 0.342 e. The van der Waals surface area contributed by atoms with Crippen LogP contribution in [0.4, 0.5) is 0 Å². The maximum atomic E-state index is 12.0. The first kappa shape index (κ1) is 13.7. The van der Waals surface area contributed by atoms with Crippen molar-refractivity contribution >= 4 is 17.7 Å². The minimum atomic E-state index is -0.220. The van der Waals surface area contributed by atoms with Crippen LogP contribution < -0.4 is 0 Å². The van der Waals surface area contributed by atoms with Gasteiger partial charge in [-0.05, 0) is 31.9 Å². The van der Waals surface area contributed by atoms with Gasteiger partial charge < -0.3 is 4.90 Å². The van der Waals surface area contributed by atoms with Crippen molar-refractivity contribution in [2.45, 2.75) is 36.5 Å². The van der Waals surface area contributed by atoms with Gasteiger partial charge in [-0.3, -0.25) is 9.69 Å². The summed E-state index contributed by atoms with van der Waals surface area (Å²) in [5.74, 6) is 0.228. The van der Waals surface area contributed by atoms with Crippen molar-refractivity contribution in [1.29, 1.82) is 5.26 Å². The average molecular weight is 267 g/mol. The highest BCUT2D eigenvalue weighted by Gasteiger charge is 2.35. The van der Waals surface area contributed by atoms with Gasteiger partial charge in [-0.2, -0.15) is 5.26 Å². The number of thioether (sulfide) groups is 1. The number of piperidine rings is 1. The first-order valence-corrected chi connectivity index (χ1v) is 7.77. The molecule has 2 fully saturated rings. The topological polar surface area (TPSA) is 47.3 Å². The lowest BCUT2D eigenvalue weighted by atomic mass is 9.97. The van der Waals surface area contributed by atoms with Crippen LogP contribution in [0.15, 0.2) is 0 Å². The number of likely N-dealkylation sites (N-methyl/N-ethyl adjacent to an activating group) is 1.